The van der Waals surface area contributed by atoms with Gasteiger partial charge in [0.2, 0.25) is 0 Å². The minimum atomic E-state index is 0.0129. The fourth-order valence-corrected chi connectivity index (χ4v) is 4.55. The lowest BCUT2D eigenvalue weighted by Crippen LogP contribution is -2.18. The molecule has 31 heavy (non-hydrogen) atoms. The Morgan fingerprint density at radius 3 is 2.55 bits per heavy atom. The number of rotatable bonds is 4. The van der Waals surface area contributed by atoms with Crippen LogP contribution in [0.3, 0.4) is 0 Å². The summed E-state index contributed by atoms with van der Waals surface area (Å²) in [6, 6.07) is 18.8. The highest BCUT2D eigenvalue weighted by Crippen LogP contribution is 2.41. The van der Waals surface area contributed by atoms with Gasteiger partial charge in [0.15, 0.2) is 0 Å². The van der Waals surface area contributed by atoms with Crippen molar-refractivity contribution in [3.8, 4) is 12.1 Å². The fourth-order valence-electron chi connectivity index (χ4n) is 4.29. The molecule has 0 amide bonds. The summed E-state index contributed by atoms with van der Waals surface area (Å²) in [7, 11) is 0. The normalized spacial score (nSPS) is 18.2. The Hall–Kier alpha value is -3.34. The van der Waals surface area contributed by atoms with Gasteiger partial charge < -0.3 is 4.57 Å². The van der Waals surface area contributed by atoms with Crippen LogP contribution in [0.4, 0.5) is 0 Å². The van der Waals surface area contributed by atoms with E-state index in [1.807, 2.05) is 36.4 Å². The predicted octanol–water partition coefficient (Wildman–Crippen LogP) is 7.35. The molecule has 1 heterocycles. The van der Waals surface area contributed by atoms with Gasteiger partial charge in [-0.05, 0) is 67.0 Å². The van der Waals surface area contributed by atoms with Crippen molar-refractivity contribution in [3.05, 3.63) is 99.2 Å². The Balaban J connectivity index is 1.97. The highest BCUT2D eigenvalue weighted by molar-refractivity contribution is 9.10. The second-order valence-electron chi connectivity index (χ2n) is 7.70. The molecule has 0 fully saturated rings. The van der Waals surface area contributed by atoms with Gasteiger partial charge >= 0.3 is 0 Å². The molecule has 0 saturated carbocycles. The number of fused-ring (bicyclic) bond motifs is 1. The lowest BCUT2D eigenvalue weighted by molar-refractivity contribution is 0.556. The third-order valence-corrected chi connectivity index (χ3v) is 6.36. The van der Waals surface area contributed by atoms with E-state index >= 15 is 0 Å². The van der Waals surface area contributed by atoms with Crippen molar-refractivity contribution in [2.24, 2.45) is 0 Å². The van der Waals surface area contributed by atoms with Gasteiger partial charge in [-0.15, -0.1) is 0 Å². The molecule has 152 valence electrons. The van der Waals surface area contributed by atoms with Crippen LogP contribution in [0.25, 0.3) is 17.0 Å². The number of allylic oxidation sites excluding steroid dienone is 5. The molecule has 3 nitrogen and oxygen atoms in total. The number of nitriles is 2. The number of benzene rings is 2. The van der Waals surface area contributed by atoms with Gasteiger partial charge in [-0.3, -0.25) is 0 Å². The molecule has 1 aliphatic rings. The van der Waals surface area contributed by atoms with Crippen LogP contribution in [0.15, 0.2) is 76.8 Å². The molecule has 0 saturated heterocycles. The molecule has 0 bridgehead atoms. The van der Waals surface area contributed by atoms with Crippen LogP contribution < -0.4 is 0 Å². The second kappa shape index (κ2) is 8.80. The van der Waals surface area contributed by atoms with Crippen LogP contribution in [0.1, 0.15) is 47.7 Å². The van der Waals surface area contributed by atoms with Gasteiger partial charge in [0.05, 0.1) is 23.7 Å². The molecule has 3 aromatic rings. The van der Waals surface area contributed by atoms with Gasteiger partial charge in [0.25, 0.3) is 0 Å². The molecular weight excluding hydrogens is 446 g/mol. The number of aromatic nitrogens is 1. The second-order valence-corrected chi connectivity index (χ2v) is 8.61. The summed E-state index contributed by atoms with van der Waals surface area (Å²) in [5.74, 6) is 0.0205. The summed E-state index contributed by atoms with van der Waals surface area (Å²) >= 11 is 3.52. The van der Waals surface area contributed by atoms with Crippen molar-refractivity contribution in [3.63, 3.8) is 0 Å². The first-order valence-corrected chi connectivity index (χ1v) is 11.1. The van der Waals surface area contributed by atoms with Gasteiger partial charge in [-0.1, -0.05) is 53.2 Å². The molecule has 4 rings (SSSR count). The van der Waals surface area contributed by atoms with Crippen LogP contribution in [0, 0.1) is 29.6 Å². The zero-order valence-corrected chi connectivity index (χ0v) is 19.1. The molecule has 0 aliphatic heterocycles. The van der Waals surface area contributed by atoms with E-state index in [0.717, 1.165) is 38.6 Å². The van der Waals surface area contributed by atoms with Gasteiger partial charge in [0.1, 0.15) is 0 Å². The minimum absolute atomic E-state index is 0.0129. The first-order valence-electron chi connectivity index (χ1n) is 10.3. The molecule has 0 radical (unpaired) electrons. The maximum Gasteiger partial charge on any atom is 0.0991 e. The van der Waals surface area contributed by atoms with Crippen molar-refractivity contribution in [1.82, 2.24) is 4.57 Å². The fraction of sp³-hybridized carbons (Fsp3) is 0.185. The van der Waals surface area contributed by atoms with E-state index < -0.39 is 0 Å². The van der Waals surface area contributed by atoms with Crippen molar-refractivity contribution in [2.45, 2.75) is 32.2 Å². The average Bonchev–Trinajstić information content (AvgIpc) is 3.08. The summed E-state index contributed by atoms with van der Waals surface area (Å²) in [4.78, 5) is 0. The zero-order chi connectivity index (χ0) is 22.0. The predicted molar refractivity (Wildman–Crippen MR) is 129 cm³/mol. The molecule has 1 aliphatic carbocycles. The Morgan fingerprint density at radius 1 is 1.10 bits per heavy atom. The van der Waals surface area contributed by atoms with Gasteiger partial charge in [-0.2, -0.15) is 10.5 Å². The highest BCUT2D eigenvalue weighted by atomic mass is 79.9. The monoisotopic (exact) mass is 467 g/mol. The topological polar surface area (TPSA) is 52.5 Å². The first-order chi connectivity index (χ1) is 15.1. The largest absolute Gasteiger partial charge is 0.333 e. The van der Waals surface area contributed by atoms with Gasteiger partial charge in [-0.25, -0.2) is 0 Å². The third-order valence-electron chi connectivity index (χ3n) is 5.83. The Kier molecular flexibility index (Phi) is 5.94. The van der Waals surface area contributed by atoms with Crippen LogP contribution in [0.5, 0.6) is 0 Å². The quantitative estimate of drug-likeness (QED) is 0.402. The molecule has 1 aromatic heterocycles. The molecule has 2 aromatic carbocycles. The van der Waals surface area contributed by atoms with E-state index in [1.54, 1.807) is 0 Å². The maximum atomic E-state index is 9.54. The van der Waals surface area contributed by atoms with Crippen molar-refractivity contribution in [1.29, 1.82) is 10.5 Å². The van der Waals surface area contributed by atoms with Crippen LogP contribution >= 0.6 is 15.9 Å². The number of aryl methyl sites for hydroxylation is 1. The number of hydrogen-bond acceptors (Lipinski definition) is 2. The van der Waals surface area contributed by atoms with E-state index in [4.69, 9.17) is 0 Å². The molecular formula is C27H22BrN3. The Morgan fingerprint density at radius 2 is 1.87 bits per heavy atom. The van der Waals surface area contributed by atoms with E-state index in [0.29, 0.717) is 11.1 Å². The first kappa shape index (κ1) is 20.9. The van der Waals surface area contributed by atoms with E-state index in [2.05, 4.69) is 82.9 Å². The van der Waals surface area contributed by atoms with Crippen molar-refractivity contribution < 1.29 is 0 Å². The van der Waals surface area contributed by atoms with Crippen molar-refractivity contribution >= 4 is 32.9 Å². The van der Waals surface area contributed by atoms with Crippen LogP contribution in [0.2, 0.25) is 0 Å². The van der Waals surface area contributed by atoms with E-state index in [-0.39, 0.29) is 12.0 Å². The molecule has 4 heteroatoms. The van der Waals surface area contributed by atoms with E-state index in [1.165, 1.54) is 0 Å². The maximum absolute atomic E-state index is 9.54. The van der Waals surface area contributed by atoms with Crippen LogP contribution in [-0.4, -0.2) is 4.57 Å². The summed E-state index contributed by atoms with van der Waals surface area (Å²) in [5.41, 5.74) is 5.89. The Labute approximate surface area is 191 Å². The minimum Gasteiger partial charge on any atom is -0.333 e. The molecule has 0 spiro atoms. The third kappa shape index (κ3) is 3.88. The SMILES string of the molecule is CC/C=C\c1c(C)c2cc(C#N)ccc2n1C1C=CC(C#N)=CC1c1ccc(Br)cc1. The number of hydrogen-bond donors (Lipinski definition) is 0. The van der Waals surface area contributed by atoms with Gasteiger partial charge in [0, 0.05) is 32.6 Å². The standard InChI is InChI=1S/C27H22BrN3/c1-3-4-5-25-18(2)23-14-19(16-29)6-12-26(23)31(25)27-13-7-20(17-30)15-24(27)21-8-10-22(28)11-9-21/h4-15,24,27H,3H2,1-2H3/b5-4-. The number of halogens is 1. The molecule has 0 N–H and O–H groups in total. The number of nitrogens with zero attached hydrogens (tertiary/aromatic N) is 3. The summed E-state index contributed by atoms with van der Waals surface area (Å²) in [5, 5.41) is 20.0. The summed E-state index contributed by atoms with van der Waals surface area (Å²) in [6.07, 6.45) is 11.4. The Bertz CT molecular complexity index is 1310. The lowest BCUT2D eigenvalue weighted by atomic mass is 9.85. The zero-order valence-electron chi connectivity index (χ0n) is 17.5. The highest BCUT2D eigenvalue weighted by Gasteiger charge is 2.28. The summed E-state index contributed by atoms with van der Waals surface area (Å²) in [6.45, 7) is 4.24. The summed E-state index contributed by atoms with van der Waals surface area (Å²) < 4.78 is 3.38. The molecule has 2 atom stereocenters. The van der Waals surface area contributed by atoms with E-state index in [9.17, 15) is 10.5 Å². The van der Waals surface area contributed by atoms with Crippen LogP contribution in [-0.2, 0) is 0 Å². The smallest absolute Gasteiger partial charge is 0.0991 e. The molecule has 2 unspecified atom stereocenters. The van der Waals surface area contributed by atoms with Crippen molar-refractivity contribution in [2.75, 3.05) is 0 Å². The average molecular weight is 468 g/mol. The lowest BCUT2D eigenvalue weighted by Gasteiger charge is -2.29.